The van der Waals surface area contributed by atoms with Gasteiger partial charge in [-0.05, 0) is 51.3 Å². The summed E-state index contributed by atoms with van der Waals surface area (Å²) in [5.41, 5.74) is -0.0119. The van der Waals surface area contributed by atoms with Crippen LogP contribution in [0.5, 0.6) is 5.75 Å². The van der Waals surface area contributed by atoms with Gasteiger partial charge < -0.3 is 14.7 Å². The van der Waals surface area contributed by atoms with Gasteiger partial charge in [-0.25, -0.2) is 18.2 Å². The second-order valence-corrected chi connectivity index (χ2v) is 9.88. The SMILES string of the molecule is Cc1cc(O)c(N2CC(=O)NS2(=O)=O)c(F)c1C=C1CCN(C(=O)OC(C)(C)C)C1. The number of carbonyl (C=O) groups excluding carboxylic acids is 2. The van der Waals surface area contributed by atoms with E-state index in [4.69, 9.17) is 4.74 Å². The number of phenols is 1. The maximum atomic E-state index is 15.3. The Balaban J connectivity index is 1.93. The first-order chi connectivity index (χ1) is 13.8. The molecule has 2 heterocycles. The van der Waals surface area contributed by atoms with Gasteiger partial charge in [0.1, 0.15) is 23.6 Å². The number of rotatable bonds is 2. The topological polar surface area (TPSA) is 116 Å². The number of benzene rings is 1. The van der Waals surface area contributed by atoms with Gasteiger partial charge in [-0.3, -0.25) is 4.79 Å². The summed E-state index contributed by atoms with van der Waals surface area (Å²) < 4.78 is 47.1. The number of phenolic OH excluding ortho intramolecular Hbond substituents is 1. The van der Waals surface area contributed by atoms with Crippen LogP contribution in [0.1, 0.15) is 38.3 Å². The van der Waals surface area contributed by atoms with E-state index in [1.165, 1.54) is 17.0 Å². The van der Waals surface area contributed by atoms with Crippen LogP contribution in [-0.4, -0.2) is 55.7 Å². The third kappa shape index (κ3) is 4.35. The molecule has 1 aromatic carbocycles. The van der Waals surface area contributed by atoms with E-state index in [2.05, 4.69) is 0 Å². The zero-order chi connectivity index (χ0) is 22.4. The first kappa shape index (κ1) is 21.9. The second-order valence-electron chi connectivity index (χ2n) is 8.28. The predicted molar refractivity (Wildman–Crippen MR) is 108 cm³/mol. The van der Waals surface area contributed by atoms with Gasteiger partial charge in [0.2, 0.25) is 0 Å². The average Bonchev–Trinajstić information content (AvgIpc) is 3.14. The van der Waals surface area contributed by atoms with E-state index in [0.29, 0.717) is 22.8 Å². The number of halogens is 1. The molecule has 3 rings (SSSR count). The zero-order valence-electron chi connectivity index (χ0n) is 17.2. The molecule has 0 saturated carbocycles. The van der Waals surface area contributed by atoms with Crippen LogP contribution >= 0.6 is 0 Å². The van der Waals surface area contributed by atoms with Crippen molar-refractivity contribution >= 4 is 34.0 Å². The third-order valence-electron chi connectivity index (χ3n) is 4.63. The Labute approximate surface area is 174 Å². The molecular weight excluding hydrogens is 417 g/mol. The monoisotopic (exact) mass is 441 g/mol. The smallest absolute Gasteiger partial charge is 0.410 e. The Morgan fingerprint density at radius 2 is 2.00 bits per heavy atom. The first-order valence-electron chi connectivity index (χ1n) is 9.31. The lowest BCUT2D eigenvalue weighted by molar-refractivity contribution is -0.117. The van der Waals surface area contributed by atoms with Crippen LogP contribution in [0.15, 0.2) is 11.6 Å². The molecule has 2 aliphatic rings. The fourth-order valence-corrected chi connectivity index (χ4v) is 4.47. The first-order valence-corrected chi connectivity index (χ1v) is 10.8. The Kier molecular flexibility index (Phi) is 5.44. The summed E-state index contributed by atoms with van der Waals surface area (Å²) in [6.45, 7) is 6.89. The highest BCUT2D eigenvalue weighted by atomic mass is 32.2. The Morgan fingerprint density at radius 3 is 2.57 bits per heavy atom. The van der Waals surface area contributed by atoms with Crippen LogP contribution in [0.3, 0.4) is 0 Å². The van der Waals surface area contributed by atoms with E-state index < -0.39 is 51.6 Å². The number of anilines is 1. The number of ether oxygens (including phenoxy) is 1. The highest BCUT2D eigenvalue weighted by Crippen LogP contribution is 2.38. The molecule has 0 bridgehead atoms. The molecule has 30 heavy (non-hydrogen) atoms. The Hall–Kier alpha value is -2.82. The van der Waals surface area contributed by atoms with Gasteiger partial charge >= 0.3 is 16.3 Å². The van der Waals surface area contributed by atoms with Gasteiger partial charge in [0, 0.05) is 18.7 Å². The summed E-state index contributed by atoms with van der Waals surface area (Å²) in [6.07, 6.45) is 1.56. The van der Waals surface area contributed by atoms with Crippen LogP contribution in [0.4, 0.5) is 14.9 Å². The number of amides is 2. The maximum absolute atomic E-state index is 15.3. The van der Waals surface area contributed by atoms with Gasteiger partial charge in [-0.1, -0.05) is 6.08 Å². The van der Waals surface area contributed by atoms with Crippen LogP contribution < -0.4 is 9.03 Å². The predicted octanol–water partition coefficient (Wildman–Crippen LogP) is 2.04. The lowest BCUT2D eigenvalue weighted by atomic mass is 10.0. The summed E-state index contributed by atoms with van der Waals surface area (Å²) in [7, 11) is -4.28. The van der Waals surface area contributed by atoms with Crippen molar-refractivity contribution in [1.29, 1.82) is 0 Å². The summed E-state index contributed by atoms with van der Waals surface area (Å²) in [4.78, 5) is 25.2. The molecule has 164 valence electrons. The van der Waals surface area contributed by atoms with Gasteiger partial charge in [0.25, 0.3) is 5.91 Å². The Morgan fingerprint density at radius 1 is 1.33 bits per heavy atom. The molecular formula is C19H24FN3O6S. The van der Waals surface area contributed by atoms with Crippen molar-refractivity contribution in [1.82, 2.24) is 9.62 Å². The molecule has 0 aliphatic carbocycles. The fourth-order valence-electron chi connectivity index (χ4n) is 3.31. The summed E-state index contributed by atoms with van der Waals surface area (Å²) in [5, 5.41) is 10.2. The molecule has 11 heteroatoms. The summed E-state index contributed by atoms with van der Waals surface area (Å²) in [6, 6.07) is 1.24. The van der Waals surface area contributed by atoms with Crippen LogP contribution in [0.2, 0.25) is 0 Å². The van der Waals surface area contributed by atoms with Crippen LogP contribution in [-0.2, 0) is 19.7 Å². The van der Waals surface area contributed by atoms with Gasteiger partial charge in [0.05, 0.1) is 0 Å². The molecule has 0 spiro atoms. The van der Waals surface area contributed by atoms with Crippen molar-refractivity contribution in [2.24, 2.45) is 0 Å². The van der Waals surface area contributed by atoms with Gasteiger partial charge in [0.15, 0.2) is 5.82 Å². The molecule has 0 atom stereocenters. The normalized spacial score (nSPS) is 20.0. The van der Waals surface area contributed by atoms with Crippen LogP contribution in [0, 0.1) is 12.7 Å². The quantitative estimate of drug-likeness (QED) is 0.726. The summed E-state index contributed by atoms with van der Waals surface area (Å²) >= 11 is 0. The van der Waals surface area contributed by atoms with E-state index in [1.807, 2.05) is 0 Å². The zero-order valence-corrected chi connectivity index (χ0v) is 18.0. The van der Waals surface area contributed by atoms with Crippen molar-refractivity contribution in [3.8, 4) is 5.75 Å². The average molecular weight is 441 g/mol. The standard InChI is InChI=1S/C19H24FN3O6S/c1-11-7-14(24)17(23-10-15(25)21-30(23,27)28)16(20)13(11)8-12-5-6-22(9-12)18(26)29-19(2,3)4/h7-8,24H,5-6,9-10H2,1-4H3,(H,21,25). The van der Waals surface area contributed by atoms with Crippen molar-refractivity contribution < 1.29 is 32.2 Å². The van der Waals surface area contributed by atoms with Crippen molar-refractivity contribution in [3.05, 3.63) is 28.6 Å². The molecule has 0 radical (unpaired) electrons. The molecule has 0 unspecified atom stereocenters. The maximum Gasteiger partial charge on any atom is 0.410 e. The number of hydrogen-bond acceptors (Lipinski definition) is 6. The molecule has 2 aliphatic heterocycles. The largest absolute Gasteiger partial charge is 0.506 e. The lowest BCUT2D eigenvalue weighted by Gasteiger charge is -2.24. The third-order valence-corrected chi connectivity index (χ3v) is 6.01. The molecule has 2 saturated heterocycles. The molecule has 9 nitrogen and oxygen atoms in total. The van der Waals surface area contributed by atoms with E-state index in [-0.39, 0.29) is 12.1 Å². The number of nitrogens with zero attached hydrogens (tertiary/aromatic N) is 2. The van der Waals surface area contributed by atoms with E-state index in [9.17, 15) is 23.1 Å². The molecule has 0 aromatic heterocycles. The molecule has 2 amide bonds. The minimum absolute atomic E-state index is 0.0818. The number of aryl methyl sites for hydroxylation is 1. The highest BCUT2D eigenvalue weighted by Gasteiger charge is 2.38. The molecule has 1 aromatic rings. The summed E-state index contributed by atoms with van der Waals surface area (Å²) in [5.74, 6) is -2.37. The number of likely N-dealkylation sites (tertiary alicyclic amines) is 1. The molecule has 2 N–H and O–H groups in total. The minimum Gasteiger partial charge on any atom is -0.506 e. The second kappa shape index (κ2) is 7.46. The Bertz CT molecular complexity index is 1050. The van der Waals surface area contributed by atoms with E-state index in [0.717, 1.165) is 5.57 Å². The van der Waals surface area contributed by atoms with Gasteiger partial charge in [-0.15, -0.1) is 0 Å². The van der Waals surface area contributed by atoms with Gasteiger partial charge in [-0.2, -0.15) is 8.42 Å². The van der Waals surface area contributed by atoms with Crippen molar-refractivity contribution in [2.75, 3.05) is 23.9 Å². The highest BCUT2D eigenvalue weighted by molar-refractivity contribution is 7.92. The number of nitrogens with one attached hydrogen (secondary N) is 1. The van der Waals surface area contributed by atoms with Crippen molar-refractivity contribution in [2.45, 2.75) is 39.7 Å². The van der Waals surface area contributed by atoms with E-state index in [1.54, 1.807) is 32.4 Å². The van der Waals surface area contributed by atoms with Crippen LogP contribution in [0.25, 0.3) is 6.08 Å². The fraction of sp³-hybridized carbons (Fsp3) is 0.474. The molecule has 2 fully saturated rings. The van der Waals surface area contributed by atoms with Crippen molar-refractivity contribution in [3.63, 3.8) is 0 Å². The number of carbonyl (C=O) groups is 2. The number of aromatic hydroxyl groups is 1. The lowest BCUT2D eigenvalue weighted by Crippen LogP contribution is -2.34. The minimum atomic E-state index is -4.28. The number of hydrogen-bond donors (Lipinski definition) is 2. The van der Waals surface area contributed by atoms with E-state index >= 15 is 4.39 Å².